The summed E-state index contributed by atoms with van der Waals surface area (Å²) in [7, 11) is -3.08. The molecule has 10 nitrogen and oxygen atoms in total. The molecule has 0 aliphatic carbocycles. The minimum absolute atomic E-state index is 0.247. The van der Waals surface area contributed by atoms with Gasteiger partial charge in [-0.3, -0.25) is 0 Å². The summed E-state index contributed by atoms with van der Waals surface area (Å²) in [6.45, 7) is 12.1. The van der Waals surface area contributed by atoms with E-state index in [1.165, 1.54) is 78.9 Å². The quantitative estimate of drug-likeness (QED) is 0.0573. The first kappa shape index (κ1) is 64.4. The van der Waals surface area contributed by atoms with Crippen molar-refractivity contribution < 1.29 is 77.2 Å². The zero-order valence-electron chi connectivity index (χ0n) is 49.6. The molecule has 0 amide bonds. The van der Waals surface area contributed by atoms with Crippen molar-refractivity contribution in [1.82, 2.24) is 0 Å². The fourth-order valence-corrected chi connectivity index (χ4v) is 10.2. The molecule has 90 heavy (non-hydrogen) atoms. The Morgan fingerprint density at radius 3 is 1.10 bits per heavy atom. The summed E-state index contributed by atoms with van der Waals surface area (Å²) in [6, 6.07) is 49.6. The first-order valence-electron chi connectivity index (χ1n) is 28.7. The summed E-state index contributed by atoms with van der Waals surface area (Å²) >= 11 is 0. The number of hydrogen-bond acceptors (Lipinski definition) is 10. The Morgan fingerprint density at radius 1 is 0.422 bits per heavy atom. The molecule has 1 unspecified atom stereocenters. The lowest BCUT2D eigenvalue weighted by atomic mass is 9.78. The van der Waals surface area contributed by atoms with Gasteiger partial charge in [-0.25, -0.2) is 44.9 Å². The van der Waals surface area contributed by atoms with E-state index in [0.29, 0.717) is 85.6 Å². The lowest BCUT2D eigenvalue weighted by molar-refractivity contribution is 0.00578. The zero-order valence-corrected chi connectivity index (χ0v) is 49.6. The van der Waals surface area contributed by atoms with Gasteiger partial charge in [0.15, 0.2) is 0 Å². The number of halogens is 8. The van der Waals surface area contributed by atoms with Crippen LogP contribution >= 0.6 is 0 Å². The van der Waals surface area contributed by atoms with E-state index < -0.39 is 75.1 Å². The monoisotopic (exact) mass is 1230 g/mol. The molecule has 4 aliphatic heterocycles. The summed E-state index contributed by atoms with van der Waals surface area (Å²) in [6.07, 6.45) is 0.684. The van der Waals surface area contributed by atoms with Crippen LogP contribution in [0.1, 0.15) is 41.5 Å². The minimum atomic E-state index is -0.883. The Hall–Kier alpha value is -8.58. The highest BCUT2D eigenvalue weighted by atomic mass is 19.2. The van der Waals surface area contributed by atoms with Crippen molar-refractivity contribution in [3.05, 3.63) is 241 Å². The third-order valence-corrected chi connectivity index (χ3v) is 15.7. The van der Waals surface area contributed by atoms with Crippen molar-refractivity contribution in [2.45, 2.75) is 71.0 Å². The number of hydrogen-bond donors (Lipinski definition) is 0. The van der Waals surface area contributed by atoms with Crippen molar-refractivity contribution in [3.63, 3.8) is 0 Å². The third-order valence-electron chi connectivity index (χ3n) is 15.7. The number of nitrogens with zero attached hydrogens (tertiary/aromatic N) is 1. The molecular formula is C68H57B4F8NO9. The van der Waals surface area contributed by atoms with E-state index in [1.807, 2.05) is 39.8 Å². The normalized spacial score (nSPS) is 17.1. The largest absolute Gasteiger partial charge is 0.635 e. The van der Waals surface area contributed by atoms with E-state index >= 15 is 0 Å². The van der Waals surface area contributed by atoms with Crippen LogP contribution in [0, 0.1) is 46.5 Å². The Morgan fingerprint density at radius 2 is 0.756 bits per heavy atom. The summed E-state index contributed by atoms with van der Waals surface area (Å²) < 4.78 is 156. The van der Waals surface area contributed by atoms with Gasteiger partial charge < -0.3 is 37.2 Å². The van der Waals surface area contributed by atoms with E-state index in [4.69, 9.17) is 37.2 Å². The van der Waals surface area contributed by atoms with Crippen molar-refractivity contribution in [1.29, 1.82) is 0 Å². The second-order valence-corrected chi connectivity index (χ2v) is 22.4. The van der Waals surface area contributed by atoms with Gasteiger partial charge in [0, 0.05) is 21.9 Å². The molecular weight excluding hydrogens is 1170 g/mol. The maximum atomic E-state index is 14.6. The molecule has 0 aromatic heterocycles. The fraction of sp³-hybridized carbons (Fsp3) is 0.191. The highest BCUT2D eigenvalue weighted by molar-refractivity contribution is 6.64. The fourth-order valence-electron chi connectivity index (χ4n) is 10.2. The van der Waals surface area contributed by atoms with Gasteiger partial charge in [0.1, 0.15) is 58.0 Å². The van der Waals surface area contributed by atoms with Crippen LogP contribution in [-0.4, -0.2) is 77.2 Å². The SMILES string of the molecule is CC(N=C=O)[C@@H]1OB(c2ccc(-c3cccc(F)c3)cc2F)O[C@H]1C.CC1(C)OB(c2ccc(-c3cccc(F)c3)cc2F)OC1(C)C.Fc1cccc(-c2ccc(B3OCCO3)c(F)c2)c1.Fc1cccc(-c2ccc(B3Oc4ccccc4O3)c(F)c2)c1. The van der Waals surface area contributed by atoms with Crippen LogP contribution in [0.3, 0.4) is 0 Å². The van der Waals surface area contributed by atoms with Crippen LogP contribution in [-0.2, 0) is 32.7 Å². The number of isocyanates is 1. The van der Waals surface area contributed by atoms with Crippen LogP contribution in [0.15, 0.2) is 199 Å². The van der Waals surface area contributed by atoms with E-state index in [0.717, 1.165) is 0 Å². The lowest BCUT2D eigenvalue weighted by Gasteiger charge is -2.32. The molecule has 0 N–H and O–H groups in total. The molecule has 4 heterocycles. The Balaban J connectivity index is 0.000000133. The van der Waals surface area contributed by atoms with Crippen molar-refractivity contribution in [3.8, 4) is 56.0 Å². The molecule has 3 saturated heterocycles. The first-order valence-corrected chi connectivity index (χ1v) is 28.7. The van der Waals surface area contributed by atoms with Gasteiger partial charge in [-0.1, -0.05) is 109 Å². The maximum absolute atomic E-state index is 14.6. The molecule has 22 heteroatoms. The maximum Gasteiger partial charge on any atom is 0.635 e. The second-order valence-electron chi connectivity index (χ2n) is 22.4. The van der Waals surface area contributed by atoms with E-state index in [2.05, 4.69) is 4.99 Å². The summed E-state index contributed by atoms with van der Waals surface area (Å²) in [5.74, 6) is -2.05. The highest BCUT2D eigenvalue weighted by Crippen LogP contribution is 2.38. The minimum Gasteiger partial charge on any atom is -0.519 e. The predicted octanol–water partition coefficient (Wildman–Crippen LogP) is 13.0. The molecule has 0 bridgehead atoms. The van der Waals surface area contributed by atoms with Gasteiger partial charge in [0.05, 0.1) is 42.7 Å². The molecule has 456 valence electrons. The van der Waals surface area contributed by atoms with Crippen LogP contribution < -0.4 is 31.2 Å². The van der Waals surface area contributed by atoms with Crippen LogP contribution in [0.2, 0.25) is 0 Å². The summed E-state index contributed by atoms with van der Waals surface area (Å²) in [4.78, 5) is 14.0. The number of rotatable bonds is 10. The average Bonchev–Trinajstić information content (AvgIpc) is 1.63. The number of carbonyl (C=O) groups excluding carboxylic acids is 1. The molecule has 9 aromatic carbocycles. The lowest BCUT2D eigenvalue weighted by Crippen LogP contribution is -2.41. The standard InChI is InChI=1S/C18H16BF2NO3.C18H11BF2O2.C18H19BF2O2.C14H11BF2O2/c1-11(22-10-23)18-12(2)24-19(25-18)16-7-6-14(9-17(16)21)13-4-3-5-15(20)8-13;20-14-5-3-4-12(10-14)13-8-9-15(16(21)11-13)19-22-17-6-1-2-7-18(17)23-19;1-17(2)18(3,4)23-19(22-17)15-9-8-13(11-16(15)21)12-6-5-7-14(20)10-12;16-12-3-1-2-10(8-12)11-4-5-13(14(17)9-11)15-18-6-7-19-15/h3-9,11-12,18H,1-2H3;1-11H;5-11H,1-4H3;1-5,8-9H,6-7H2/t11?,12-,18-;;;/m0.../s1. The number of aliphatic imine (C=N–C) groups is 1. The van der Waals surface area contributed by atoms with Gasteiger partial charge in [-0.15, -0.1) is 0 Å². The molecule has 4 aliphatic rings. The summed E-state index contributed by atoms with van der Waals surface area (Å²) in [5, 5.41) is 0. The van der Waals surface area contributed by atoms with E-state index in [1.54, 1.807) is 123 Å². The molecule has 13 rings (SSSR count). The van der Waals surface area contributed by atoms with Gasteiger partial charge in [0.25, 0.3) is 0 Å². The predicted molar refractivity (Wildman–Crippen MR) is 332 cm³/mol. The van der Waals surface area contributed by atoms with Crippen LogP contribution in [0.5, 0.6) is 11.5 Å². The molecule has 3 atom stereocenters. The number of benzene rings is 9. The topological polar surface area (TPSA) is 103 Å². The molecule has 9 aromatic rings. The summed E-state index contributed by atoms with van der Waals surface area (Å²) in [5.41, 5.74) is 5.09. The van der Waals surface area contributed by atoms with Crippen molar-refractivity contribution in [2.75, 3.05) is 13.2 Å². The first-order chi connectivity index (χ1) is 43.1. The van der Waals surface area contributed by atoms with Gasteiger partial charge in [-0.2, -0.15) is 0 Å². The zero-order chi connectivity index (χ0) is 63.9. The van der Waals surface area contributed by atoms with Crippen molar-refractivity contribution in [2.24, 2.45) is 4.99 Å². The second kappa shape index (κ2) is 28.1. The molecule has 0 spiro atoms. The molecule has 0 saturated carbocycles. The molecule has 3 fully saturated rings. The third kappa shape index (κ3) is 15.2. The number of para-hydroxylation sites is 2. The van der Waals surface area contributed by atoms with E-state index in [-0.39, 0.29) is 34.8 Å². The smallest absolute Gasteiger partial charge is 0.519 e. The number of fused-ring (bicyclic) bond motifs is 1. The Labute approximate surface area is 517 Å². The highest BCUT2D eigenvalue weighted by Gasteiger charge is 2.52. The van der Waals surface area contributed by atoms with Crippen LogP contribution in [0.25, 0.3) is 44.5 Å². The van der Waals surface area contributed by atoms with Crippen molar-refractivity contribution >= 4 is 56.4 Å². The Bertz CT molecular complexity index is 4040. The van der Waals surface area contributed by atoms with Gasteiger partial charge in [-0.05, 0) is 171 Å². The van der Waals surface area contributed by atoms with Crippen LogP contribution in [0.4, 0.5) is 35.1 Å². The average molecular weight is 1230 g/mol. The Kier molecular flexibility index (Phi) is 20.1. The van der Waals surface area contributed by atoms with E-state index in [9.17, 15) is 39.9 Å². The van der Waals surface area contributed by atoms with Gasteiger partial charge in [0.2, 0.25) is 6.08 Å². The molecule has 0 radical (unpaired) electrons. The van der Waals surface area contributed by atoms with Gasteiger partial charge >= 0.3 is 28.5 Å².